The van der Waals surface area contributed by atoms with Crippen LogP contribution in [-0.2, 0) is 6.54 Å². The lowest BCUT2D eigenvalue weighted by atomic mass is 10.2. The SMILES string of the molecule is O=C(O)c1ccn(Cc2ccncc2Cl)c(=O)c1. The van der Waals surface area contributed by atoms with Crippen LogP contribution in [0.1, 0.15) is 15.9 Å². The summed E-state index contributed by atoms with van der Waals surface area (Å²) < 4.78 is 1.38. The lowest BCUT2D eigenvalue weighted by molar-refractivity contribution is 0.0696. The molecule has 0 saturated heterocycles. The summed E-state index contributed by atoms with van der Waals surface area (Å²) in [7, 11) is 0. The van der Waals surface area contributed by atoms with Gasteiger partial charge in [0.25, 0.3) is 5.56 Å². The third kappa shape index (κ3) is 2.57. The first kappa shape index (κ1) is 12.3. The van der Waals surface area contributed by atoms with Crippen LogP contribution in [0, 0.1) is 0 Å². The van der Waals surface area contributed by atoms with Gasteiger partial charge in [0.1, 0.15) is 0 Å². The topological polar surface area (TPSA) is 72.2 Å². The predicted molar refractivity (Wildman–Crippen MR) is 66.0 cm³/mol. The van der Waals surface area contributed by atoms with E-state index in [1.54, 1.807) is 12.3 Å². The Balaban J connectivity index is 2.34. The van der Waals surface area contributed by atoms with Crippen molar-refractivity contribution in [2.45, 2.75) is 6.54 Å². The monoisotopic (exact) mass is 264 g/mol. The Morgan fingerprint density at radius 1 is 1.44 bits per heavy atom. The molecule has 0 amide bonds. The number of hydrogen-bond acceptors (Lipinski definition) is 3. The fourth-order valence-corrected chi connectivity index (χ4v) is 1.67. The van der Waals surface area contributed by atoms with Crippen molar-refractivity contribution >= 4 is 17.6 Å². The van der Waals surface area contributed by atoms with Crippen molar-refractivity contribution in [1.82, 2.24) is 9.55 Å². The molecule has 2 aromatic heterocycles. The summed E-state index contributed by atoms with van der Waals surface area (Å²) in [6.45, 7) is 0.278. The van der Waals surface area contributed by atoms with Gasteiger partial charge < -0.3 is 9.67 Å². The average Bonchev–Trinajstić information content (AvgIpc) is 2.34. The van der Waals surface area contributed by atoms with Crippen LogP contribution in [0.15, 0.2) is 41.6 Å². The predicted octanol–water partition coefficient (Wildman–Crippen LogP) is 1.64. The Bertz CT molecular complexity index is 652. The van der Waals surface area contributed by atoms with Crippen molar-refractivity contribution in [2.75, 3.05) is 0 Å². The van der Waals surface area contributed by atoms with Gasteiger partial charge in [-0.3, -0.25) is 9.78 Å². The first-order valence-corrected chi connectivity index (χ1v) is 5.48. The highest BCUT2D eigenvalue weighted by Gasteiger charge is 2.06. The molecule has 2 rings (SSSR count). The van der Waals surface area contributed by atoms with Crippen molar-refractivity contribution < 1.29 is 9.90 Å². The summed E-state index contributed by atoms with van der Waals surface area (Å²) in [6, 6.07) is 4.16. The lowest BCUT2D eigenvalue weighted by Crippen LogP contribution is -2.21. The molecule has 6 heteroatoms. The molecule has 0 radical (unpaired) electrons. The zero-order valence-corrected chi connectivity index (χ0v) is 9.96. The van der Waals surface area contributed by atoms with E-state index in [4.69, 9.17) is 16.7 Å². The summed E-state index contributed by atoms with van der Waals surface area (Å²) in [4.78, 5) is 26.2. The third-order valence-corrected chi connectivity index (χ3v) is 2.78. The van der Waals surface area contributed by atoms with Gasteiger partial charge in [0.2, 0.25) is 0 Å². The Hall–Kier alpha value is -2.14. The molecule has 0 atom stereocenters. The van der Waals surface area contributed by atoms with Gasteiger partial charge in [-0.15, -0.1) is 0 Å². The van der Waals surface area contributed by atoms with Gasteiger partial charge in [0.15, 0.2) is 0 Å². The minimum absolute atomic E-state index is 0.0305. The van der Waals surface area contributed by atoms with Crippen LogP contribution in [0.25, 0.3) is 0 Å². The zero-order chi connectivity index (χ0) is 13.1. The Kier molecular flexibility index (Phi) is 3.43. The van der Waals surface area contributed by atoms with Crippen molar-refractivity contribution in [3.63, 3.8) is 0 Å². The number of aromatic carboxylic acids is 1. The number of carbonyl (C=O) groups is 1. The maximum absolute atomic E-state index is 11.7. The van der Waals surface area contributed by atoms with Crippen LogP contribution in [0.5, 0.6) is 0 Å². The van der Waals surface area contributed by atoms with Gasteiger partial charge in [-0.1, -0.05) is 11.6 Å². The molecule has 1 N–H and O–H groups in total. The van der Waals surface area contributed by atoms with E-state index in [-0.39, 0.29) is 17.7 Å². The number of carboxylic acids is 1. The highest BCUT2D eigenvalue weighted by molar-refractivity contribution is 6.31. The van der Waals surface area contributed by atoms with Crippen molar-refractivity contribution in [3.05, 3.63) is 63.3 Å². The lowest BCUT2D eigenvalue weighted by Gasteiger charge is -2.07. The summed E-state index contributed by atoms with van der Waals surface area (Å²) in [6.07, 6.45) is 4.51. The second-order valence-corrected chi connectivity index (χ2v) is 4.06. The number of pyridine rings is 2. The van der Waals surface area contributed by atoms with Gasteiger partial charge in [-0.2, -0.15) is 0 Å². The molecule has 0 aliphatic heterocycles. The molecule has 0 aliphatic carbocycles. The highest BCUT2D eigenvalue weighted by atomic mass is 35.5. The summed E-state index contributed by atoms with van der Waals surface area (Å²) in [5, 5.41) is 9.22. The van der Waals surface area contributed by atoms with Crippen LogP contribution in [0.2, 0.25) is 5.02 Å². The van der Waals surface area contributed by atoms with Crippen LogP contribution in [-0.4, -0.2) is 20.6 Å². The fourth-order valence-electron chi connectivity index (χ4n) is 1.49. The molecule has 0 spiro atoms. The number of halogens is 1. The second kappa shape index (κ2) is 5.01. The van der Waals surface area contributed by atoms with E-state index in [1.165, 1.54) is 23.0 Å². The number of aromatic nitrogens is 2. The van der Waals surface area contributed by atoms with Crippen LogP contribution < -0.4 is 5.56 Å². The van der Waals surface area contributed by atoms with Crippen molar-refractivity contribution in [2.24, 2.45) is 0 Å². The Morgan fingerprint density at radius 2 is 2.22 bits per heavy atom. The molecule has 0 fully saturated rings. The first-order chi connectivity index (χ1) is 8.58. The zero-order valence-electron chi connectivity index (χ0n) is 9.21. The van der Waals surface area contributed by atoms with Crippen molar-refractivity contribution in [3.8, 4) is 0 Å². The average molecular weight is 265 g/mol. The van der Waals surface area contributed by atoms with Gasteiger partial charge >= 0.3 is 5.97 Å². The molecule has 0 aliphatic rings. The summed E-state index contributed by atoms with van der Waals surface area (Å²) in [5.74, 6) is -1.12. The molecular weight excluding hydrogens is 256 g/mol. The Morgan fingerprint density at radius 3 is 2.83 bits per heavy atom. The van der Waals surface area contributed by atoms with E-state index in [2.05, 4.69) is 4.98 Å². The Labute approximate surface area is 107 Å². The molecule has 2 heterocycles. The van der Waals surface area contributed by atoms with Crippen LogP contribution >= 0.6 is 11.6 Å². The van der Waals surface area contributed by atoms with E-state index in [0.717, 1.165) is 11.6 Å². The van der Waals surface area contributed by atoms with Gasteiger partial charge in [-0.25, -0.2) is 4.79 Å². The molecule has 5 nitrogen and oxygen atoms in total. The largest absolute Gasteiger partial charge is 0.478 e. The highest BCUT2D eigenvalue weighted by Crippen LogP contribution is 2.13. The van der Waals surface area contributed by atoms with Gasteiger partial charge in [0.05, 0.1) is 17.1 Å². The fraction of sp³-hybridized carbons (Fsp3) is 0.0833. The summed E-state index contributed by atoms with van der Waals surface area (Å²) >= 11 is 5.94. The number of carboxylic acid groups (broad SMARTS) is 1. The number of rotatable bonds is 3. The molecule has 92 valence electrons. The molecule has 0 unspecified atom stereocenters. The summed E-state index contributed by atoms with van der Waals surface area (Å²) in [5.41, 5.74) is 0.330. The molecular formula is C12H9ClN2O3. The standard InChI is InChI=1S/C12H9ClN2O3/c13-10-6-14-3-1-9(10)7-15-4-2-8(12(17)18)5-11(15)16/h1-6H,7H2,(H,17,18). The minimum Gasteiger partial charge on any atom is -0.478 e. The first-order valence-electron chi connectivity index (χ1n) is 5.10. The maximum Gasteiger partial charge on any atom is 0.335 e. The van der Waals surface area contributed by atoms with Gasteiger partial charge in [0, 0.05) is 24.7 Å². The third-order valence-electron chi connectivity index (χ3n) is 2.44. The molecule has 0 bridgehead atoms. The number of hydrogen-bond donors (Lipinski definition) is 1. The van der Waals surface area contributed by atoms with Crippen LogP contribution in [0.4, 0.5) is 0 Å². The van der Waals surface area contributed by atoms with E-state index in [1.807, 2.05) is 0 Å². The quantitative estimate of drug-likeness (QED) is 0.915. The number of nitrogens with zero attached hydrogens (tertiary/aromatic N) is 2. The molecule has 0 saturated carbocycles. The second-order valence-electron chi connectivity index (χ2n) is 3.65. The normalized spacial score (nSPS) is 10.3. The van der Waals surface area contributed by atoms with E-state index < -0.39 is 5.97 Å². The van der Waals surface area contributed by atoms with Gasteiger partial charge in [-0.05, 0) is 17.7 Å². The van der Waals surface area contributed by atoms with Crippen molar-refractivity contribution in [1.29, 1.82) is 0 Å². The molecule has 18 heavy (non-hydrogen) atoms. The van der Waals surface area contributed by atoms with E-state index >= 15 is 0 Å². The molecule has 0 aromatic carbocycles. The van der Waals surface area contributed by atoms with Crippen LogP contribution in [0.3, 0.4) is 0 Å². The van der Waals surface area contributed by atoms with E-state index in [9.17, 15) is 9.59 Å². The smallest absolute Gasteiger partial charge is 0.335 e. The minimum atomic E-state index is -1.12. The molecule has 2 aromatic rings. The van der Waals surface area contributed by atoms with E-state index in [0.29, 0.717) is 5.02 Å². The maximum atomic E-state index is 11.7.